The molecule has 5 nitrogen and oxygen atoms in total. The van der Waals surface area contributed by atoms with Crippen molar-refractivity contribution in [1.82, 2.24) is 5.32 Å². The Morgan fingerprint density at radius 2 is 1.57 bits per heavy atom. The molecule has 144 valence electrons. The molecule has 3 rings (SSSR count). The second-order valence-corrected chi connectivity index (χ2v) is 6.47. The van der Waals surface area contributed by atoms with Gasteiger partial charge in [-0.15, -0.1) is 6.58 Å². The van der Waals surface area contributed by atoms with E-state index in [9.17, 15) is 9.59 Å². The van der Waals surface area contributed by atoms with Crippen LogP contribution in [0.2, 0.25) is 0 Å². The molecule has 0 saturated heterocycles. The van der Waals surface area contributed by atoms with Gasteiger partial charge >= 0.3 is 12.1 Å². The van der Waals surface area contributed by atoms with E-state index in [0.717, 1.165) is 22.3 Å². The fourth-order valence-corrected chi connectivity index (χ4v) is 3.40. The van der Waals surface area contributed by atoms with Crippen molar-refractivity contribution in [2.45, 2.75) is 18.4 Å². The van der Waals surface area contributed by atoms with Gasteiger partial charge in [-0.25, -0.2) is 9.59 Å². The third-order valence-corrected chi connectivity index (χ3v) is 4.67. The van der Waals surface area contributed by atoms with E-state index in [4.69, 9.17) is 9.47 Å². The van der Waals surface area contributed by atoms with Crippen molar-refractivity contribution < 1.29 is 19.1 Å². The molecule has 2 aromatic carbocycles. The molecule has 0 aromatic heterocycles. The van der Waals surface area contributed by atoms with Crippen LogP contribution in [0.3, 0.4) is 0 Å². The maximum Gasteiger partial charge on any atom is 0.407 e. The average molecular weight is 377 g/mol. The number of nitrogens with one attached hydrogen (secondary N) is 1. The highest BCUT2D eigenvalue weighted by Crippen LogP contribution is 2.44. The van der Waals surface area contributed by atoms with Crippen LogP contribution >= 0.6 is 0 Å². The first-order valence-electron chi connectivity index (χ1n) is 9.15. The van der Waals surface area contributed by atoms with Crippen molar-refractivity contribution >= 4 is 12.1 Å². The number of esters is 1. The second-order valence-electron chi connectivity index (χ2n) is 6.47. The van der Waals surface area contributed by atoms with Gasteiger partial charge in [0.1, 0.15) is 19.3 Å². The summed E-state index contributed by atoms with van der Waals surface area (Å²) in [5.41, 5.74) is 4.57. The lowest BCUT2D eigenvalue weighted by Gasteiger charge is -2.18. The van der Waals surface area contributed by atoms with Crippen molar-refractivity contribution in [3.05, 3.63) is 85.0 Å². The molecule has 1 N–H and O–H groups in total. The van der Waals surface area contributed by atoms with Gasteiger partial charge in [0.25, 0.3) is 0 Å². The normalized spacial score (nSPS) is 13.0. The summed E-state index contributed by atoms with van der Waals surface area (Å²) in [5, 5.41) is 2.56. The summed E-state index contributed by atoms with van der Waals surface area (Å²) in [4.78, 5) is 24.3. The van der Waals surface area contributed by atoms with E-state index < -0.39 is 18.1 Å². The van der Waals surface area contributed by atoms with Crippen molar-refractivity contribution in [2.75, 3.05) is 13.2 Å². The number of benzene rings is 2. The van der Waals surface area contributed by atoms with E-state index in [0.29, 0.717) is 0 Å². The highest BCUT2D eigenvalue weighted by Gasteiger charge is 2.29. The molecule has 1 aliphatic carbocycles. The number of fused-ring (bicyclic) bond motifs is 3. The molecule has 0 fully saturated rings. The molecule has 0 saturated carbocycles. The SMILES string of the molecule is C=CCOC(=O)[C@H](CC=C)NC(=O)OCC1c2ccccc2-c2ccccc21. The smallest absolute Gasteiger partial charge is 0.407 e. The van der Waals surface area contributed by atoms with Gasteiger partial charge in [0.05, 0.1) is 0 Å². The summed E-state index contributed by atoms with van der Waals surface area (Å²) in [6, 6.07) is 15.4. The molecule has 28 heavy (non-hydrogen) atoms. The molecule has 5 heteroatoms. The lowest BCUT2D eigenvalue weighted by molar-refractivity contribution is -0.144. The van der Waals surface area contributed by atoms with Gasteiger partial charge in [0, 0.05) is 5.92 Å². The summed E-state index contributed by atoms with van der Waals surface area (Å²) in [6.07, 6.45) is 2.60. The zero-order valence-electron chi connectivity index (χ0n) is 15.6. The lowest BCUT2D eigenvalue weighted by Crippen LogP contribution is -2.42. The molecule has 0 radical (unpaired) electrons. The van der Waals surface area contributed by atoms with Crippen LogP contribution in [0.15, 0.2) is 73.8 Å². The second kappa shape index (κ2) is 9.04. The topological polar surface area (TPSA) is 64.6 Å². The van der Waals surface area contributed by atoms with Gasteiger partial charge in [-0.05, 0) is 28.7 Å². The summed E-state index contributed by atoms with van der Waals surface area (Å²) in [7, 11) is 0. The highest BCUT2D eigenvalue weighted by atomic mass is 16.6. The molecular formula is C23H23NO4. The summed E-state index contributed by atoms with van der Waals surface area (Å²) in [6.45, 7) is 7.37. The average Bonchev–Trinajstić information content (AvgIpc) is 3.04. The van der Waals surface area contributed by atoms with Crippen LogP contribution in [0.25, 0.3) is 11.1 Å². The van der Waals surface area contributed by atoms with Gasteiger partial charge in [0.2, 0.25) is 0 Å². The van der Waals surface area contributed by atoms with E-state index in [1.807, 2.05) is 24.3 Å². The van der Waals surface area contributed by atoms with Crippen molar-refractivity contribution in [2.24, 2.45) is 0 Å². The van der Waals surface area contributed by atoms with E-state index in [2.05, 4.69) is 42.7 Å². The van der Waals surface area contributed by atoms with Crippen molar-refractivity contribution in [3.8, 4) is 11.1 Å². The van der Waals surface area contributed by atoms with Gasteiger partial charge in [0.15, 0.2) is 0 Å². The summed E-state index contributed by atoms with van der Waals surface area (Å²) in [5.74, 6) is -0.586. The molecule has 1 atom stereocenters. The van der Waals surface area contributed by atoms with Gasteiger partial charge in [-0.3, -0.25) is 0 Å². The fourth-order valence-electron chi connectivity index (χ4n) is 3.40. The Kier molecular flexibility index (Phi) is 6.27. The zero-order chi connectivity index (χ0) is 19.9. The number of carbonyl (C=O) groups is 2. The van der Waals surface area contributed by atoms with Crippen LogP contribution in [0, 0.1) is 0 Å². The minimum absolute atomic E-state index is 0.0382. The Labute approximate surface area is 164 Å². The Balaban J connectivity index is 1.66. The third-order valence-electron chi connectivity index (χ3n) is 4.67. The molecule has 0 unspecified atom stereocenters. The van der Waals surface area contributed by atoms with Crippen LogP contribution in [-0.2, 0) is 14.3 Å². The Hall–Kier alpha value is -3.34. The van der Waals surface area contributed by atoms with E-state index in [1.54, 1.807) is 6.08 Å². The summed E-state index contributed by atoms with van der Waals surface area (Å²) >= 11 is 0. The van der Waals surface area contributed by atoms with E-state index >= 15 is 0 Å². The van der Waals surface area contributed by atoms with Crippen molar-refractivity contribution in [3.63, 3.8) is 0 Å². The Morgan fingerprint density at radius 3 is 2.14 bits per heavy atom. The number of amides is 1. The van der Waals surface area contributed by atoms with Gasteiger partial charge < -0.3 is 14.8 Å². The van der Waals surface area contributed by atoms with Crippen LogP contribution in [0.4, 0.5) is 4.79 Å². The first-order chi connectivity index (χ1) is 13.7. The Bertz CT molecular complexity index is 844. The predicted octanol–water partition coefficient (Wildman–Crippen LogP) is 4.20. The fraction of sp³-hybridized carbons (Fsp3) is 0.217. The first-order valence-corrected chi connectivity index (χ1v) is 9.15. The number of hydrogen-bond donors (Lipinski definition) is 1. The maximum atomic E-state index is 12.3. The first kappa shape index (κ1) is 19.4. The molecule has 0 aliphatic heterocycles. The van der Waals surface area contributed by atoms with Crippen molar-refractivity contribution in [1.29, 1.82) is 0 Å². The highest BCUT2D eigenvalue weighted by molar-refractivity contribution is 5.82. The molecule has 0 bridgehead atoms. The number of carbonyl (C=O) groups excluding carboxylic acids is 2. The number of alkyl carbamates (subject to hydrolysis) is 1. The lowest BCUT2D eigenvalue weighted by atomic mass is 9.98. The molecule has 1 aliphatic rings. The number of hydrogen-bond acceptors (Lipinski definition) is 4. The van der Waals surface area contributed by atoms with Crippen LogP contribution in [0.1, 0.15) is 23.5 Å². The number of rotatable bonds is 8. The molecule has 2 aromatic rings. The summed E-state index contributed by atoms with van der Waals surface area (Å²) < 4.78 is 10.5. The van der Waals surface area contributed by atoms with Crippen LogP contribution in [-0.4, -0.2) is 31.3 Å². The minimum atomic E-state index is -0.840. The van der Waals surface area contributed by atoms with Crippen LogP contribution < -0.4 is 5.32 Å². The number of ether oxygens (including phenoxy) is 2. The van der Waals surface area contributed by atoms with E-state index in [1.165, 1.54) is 6.08 Å². The monoisotopic (exact) mass is 377 g/mol. The molecule has 1 amide bonds. The molecule has 0 heterocycles. The van der Waals surface area contributed by atoms with Gasteiger partial charge in [-0.2, -0.15) is 0 Å². The standard InChI is InChI=1S/C23H23NO4/c1-3-9-21(22(25)27-14-4-2)24-23(26)28-15-20-18-12-7-5-10-16(18)17-11-6-8-13-19(17)20/h3-8,10-13,20-21H,1-2,9,14-15H2,(H,24,26)/t21-/m0/s1. The Morgan fingerprint density at radius 1 is 0.964 bits per heavy atom. The van der Waals surface area contributed by atoms with Crippen LogP contribution in [0.5, 0.6) is 0 Å². The molecule has 0 spiro atoms. The largest absolute Gasteiger partial charge is 0.460 e. The minimum Gasteiger partial charge on any atom is -0.460 e. The van der Waals surface area contributed by atoms with E-state index in [-0.39, 0.29) is 25.6 Å². The third kappa shape index (κ3) is 4.14. The van der Waals surface area contributed by atoms with Gasteiger partial charge in [-0.1, -0.05) is 67.3 Å². The zero-order valence-corrected chi connectivity index (χ0v) is 15.6. The maximum absolute atomic E-state index is 12.3. The molecular weight excluding hydrogens is 354 g/mol. The predicted molar refractivity (Wildman–Crippen MR) is 108 cm³/mol. The quantitative estimate of drug-likeness (QED) is 0.553.